The Morgan fingerprint density at radius 2 is 2.25 bits per heavy atom. The Hall–Kier alpha value is -2.90. The van der Waals surface area contributed by atoms with Gasteiger partial charge in [-0.1, -0.05) is 6.07 Å². The van der Waals surface area contributed by atoms with Crippen LogP contribution in [0.3, 0.4) is 0 Å². The van der Waals surface area contributed by atoms with Gasteiger partial charge in [0.15, 0.2) is 18.2 Å². The highest BCUT2D eigenvalue weighted by Gasteiger charge is 2.23. The van der Waals surface area contributed by atoms with E-state index in [1.807, 2.05) is 0 Å². The van der Waals surface area contributed by atoms with Crippen LogP contribution in [0.2, 0.25) is 0 Å². The monoisotopic (exact) mass is 331 g/mol. The zero-order valence-electron chi connectivity index (χ0n) is 13.2. The Morgan fingerprint density at radius 3 is 3.00 bits per heavy atom. The number of carbonyl (C=O) groups excluding carboxylic acids is 1. The molecule has 1 aromatic heterocycles. The number of hydrogen-bond donors (Lipinski definition) is 3. The number of hydrogen-bond acceptors (Lipinski definition) is 6. The van der Waals surface area contributed by atoms with Crippen molar-refractivity contribution < 1.29 is 13.9 Å². The predicted molar refractivity (Wildman–Crippen MR) is 87.9 cm³/mol. The van der Waals surface area contributed by atoms with Crippen LogP contribution in [0.4, 0.5) is 21.8 Å². The number of anilines is 3. The fraction of sp³-hybridized carbons (Fsp3) is 0.312. The van der Waals surface area contributed by atoms with Crippen LogP contribution in [0.5, 0.6) is 5.75 Å². The van der Waals surface area contributed by atoms with Gasteiger partial charge in [-0.25, -0.2) is 9.37 Å². The minimum Gasteiger partial charge on any atom is -0.484 e. The van der Waals surface area contributed by atoms with Crippen molar-refractivity contribution in [1.29, 1.82) is 0 Å². The van der Waals surface area contributed by atoms with E-state index in [1.165, 1.54) is 0 Å². The molecule has 2 aromatic rings. The lowest BCUT2D eigenvalue weighted by atomic mass is 10.3. The second-order valence-electron chi connectivity index (χ2n) is 5.42. The Morgan fingerprint density at radius 1 is 1.42 bits per heavy atom. The number of nitrogens with one attached hydrogen (secondary N) is 3. The van der Waals surface area contributed by atoms with Crippen LogP contribution in [0.1, 0.15) is 12.8 Å². The minimum absolute atomic E-state index is 0.0670. The van der Waals surface area contributed by atoms with Crippen molar-refractivity contribution in [3.8, 4) is 5.75 Å². The van der Waals surface area contributed by atoms with Crippen LogP contribution < -0.4 is 20.7 Å². The summed E-state index contributed by atoms with van der Waals surface area (Å²) in [6.45, 7) is -0.0670. The maximum Gasteiger partial charge on any atom is 0.257 e. The average molecular weight is 331 g/mol. The van der Waals surface area contributed by atoms with E-state index in [0.717, 1.165) is 19.0 Å². The molecule has 0 aliphatic heterocycles. The first-order valence-corrected chi connectivity index (χ1v) is 7.63. The molecule has 3 N–H and O–H groups in total. The first kappa shape index (κ1) is 16.0. The van der Waals surface area contributed by atoms with Crippen LogP contribution in [0.15, 0.2) is 30.5 Å². The van der Waals surface area contributed by atoms with Gasteiger partial charge in [-0.15, -0.1) is 0 Å². The molecule has 0 unspecified atom stereocenters. The Bertz CT molecular complexity index is 736. The Labute approximate surface area is 138 Å². The maximum atomic E-state index is 13.7. The number of amides is 1. The van der Waals surface area contributed by atoms with Crippen molar-refractivity contribution in [1.82, 2.24) is 15.3 Å². The van der Waals surface area contributed by atoms with Crippen LogP contribution >= 0.6 is 0 Å². The molecule has 126 valence electrons. The number of carbonyl (C=O) groups is 1. The van der Waals surface area contributed by atoms with E-state index in [-0.39, 0.29) is 24.3 Å². The van der Waals surface area contributed by atoms with Gasteiger partial charge in [0.25, 0.3) is 5.91 Å². The largest absolute Gasteiger partial charge is 0.484 e. The van der Waals surface area contributed by atoms with Crippen LogP contribution in [0.25, 0.3) is 0 Å². The quantitative estimate of drug-likeness (QED) is 0.720. The summed E-state index contributed by atoms with van der Waals surface area (Å²) in [6, 6.07) is 7.31. The lowest BCUT2D eigenvalue weighted by Crippen LogP contribution is -2.24. The highest BCUT2D eigenvalue weighted by Crippen LogP contribution is 2.26. The van der Waals surface area contributed by atoms with Gasteiger partial charge in [0.05, 0.1) is 6.20 Å². The first-order valence-electron chi connectivity index (χ1n) is 7.63. The normalized spacial score (nSPS) is 13.2. The van der Waals surface area contributed by atoms with E-state index >= 15 is 0 Å². The van der Waals surface area contributed by atoms with Gasteiger partial charge in [-0.3, -0.25) is 4.79 Å². The summed E-state index contributed by atoms with van der Waals surface area (Å²) in [4.78, 5) is 19.3. The molecule has 0 spiro atoms. The first-order chi connectivity index (χ1) is 11.6. The molecule has 1 aliphatic rings. The highest BCUT2D eigenvalue weighted by atomic mass is 19.1. The van der Waals surface area contributed by atoms with Gasteiger partial charge < -0.3 is 20.7 Å². The van der Waals surface area contributed by atoms with Crippen molar-refractivity contribution >= 4 is 23.4 Å². The number of halogens is 1. The van der Waals surface area contributed by atoms with Crippen LogP contribution in [-0.4, -0.2) is 35.6 Å². The molecular weight excluding hydrogens is 313 g/mol. The fourth-order valence-electron chi connectivity index (χ4n) is 1.96. The van der Waals surface area contributed by atoms with Gasteiger partial charge in [0.2, 0.25) is 5.95 Å². The Kier molecular flexibility index (Phi) is 4.74. The molecule has 0 saturated heterocycles. The SMILES string of the molecule is CNC(=O)COc1cccc(Nc2ncc(F)c(NC3CC3)n2)c1. The third-order valence-electron chi connectivity index (χ3n) is 3.40. The predicted octanol–water partition coefficient (Wildman–Crippen LogP) is 2.06. The zero-order valence-corrected chi connectivity index (χ0v) is 13.2. The van der Waals surface area contributed by atoms with Gasteiger partial charge in [0.1, 0.15) is 5.75 Å². The molecule has 0 radical (unpaired) electrons. The summed E-state index contributed by atoms with van der Waals surface area (Å²) in [5.41, 5.74) is 0.674. The molecule has 0 atom stereocenters. The lowest BCUT2D eigenvalue weighted by Gasteiger charge is -2.10. The summed E-state index contributed by atoms with van der Waals surface area (Å²) in [5, 5.41) is 8.50. The zero-order chi connectivity index (χ0) is 16.9. The molecule has 3 rings (SSSR count). The van der Waals surface area contributed by atoms with Gasteiger partial charge >= 0.3 is 0 Å². The highest BCUT2D eigenvalue weighted by molar-refractivity contribution is 5.77. The van der Waals surface area contributed by atoms with Crippen molar-refractivity contribution in [3.63, 3.8) is 0 Å². The molecule has 1 aromatic carbocycles. The summed E-state index contributed by atoms with van der Waals surface area (Å²) in [5.74, 6) is 0.313. The molecule has 1 aliphatic carbocycles. The molecule has 1 fully saturated rings. The third kappa shape index (κ3) is 4.31. The second-order valence-corrected chi connectivity index (χ2v) is 5.42. The van der Waals surface area contributed by atoms with E-state index in [4.69, 9.17) is 4.74 Å². The van der Waals surface area contributed by atoms with Crippen molar-refractivity contribution in [2.24, 2.45) is 0 Å². The lowest BCUT2D eigenvalue weighted by molar-refractivity contribution is -0.122. The topological polar surface area (TPSA) is 88.2 Å². The number of likely N-dealkylation sites (N-methyl/N-ethyl adjacent to an activating group) is 1. The van der Waals surface area contributed by atoms with Crippen molar-refractivity contribution in [2.45, 2.75) is 18.9 Å². The standard InChI is InChI=1S/C16H18FN5O2/c1-18-14(23)9-24-12-4-2-3-11(7-12)21-16-19-8-13(17)15(22-16)20-10-5-6-10/h2-4,7-8,10H,5-6,9H2,1H3,(H,18,23)(H2,19,20,21,22). The summed E-state index contributed by atoms with van der Waals surface area (Å²) < 4.78 is 19.1. The minimum atomic E-state index is -0.477. The Balaban J connectivity index is 1.67. The molecule has 1 amide bonds. The van der Waals surface area contributed by atoms with Gasteiger partial charge in [0, 0.05) is 24.8 Å². The van der Waals surface area contributed by atoms with Crippen molar-refractivity contribution in [3.05, 3.63) is 36.3 Å². The summed E-state index contributed by atoms with van der Waals surface area (Å²) in [6.07, 6.45) is 3.18. The molecular formula is C16H18FN5O2. The van der Waals surface area contributed by atoms with Gasteiger partial charge in [-0.2, -0.15) is 4.98 Å². The number of ether oxygens (including phenoxy) is 1. The fourth-order valence-corrected chi connectivity index (χ4v) is 1.96. The molecule has 1 saturated carbocycles. The smallest absolute Gasteiger partial charge is 0.257 e. The molecule has 1 heterocycles. The molecule has 24 heavy (non-hydrogen) atoms. The summed E-state index contributed by atoms with van der Waals surface area (Å²) >= 11 is 0. The van der Waals surface area contributed by atoms with Gasteiger partial charge in [-0.05, 0) is 25.0 Å². The van der Waals surface area contributed by atoms with E-state index in [2.05, 4.69) is 25.9 Å². The number of benzene rings is 1. The maximum absolute atomic E-state index is 13.7. The van der Waals surface area contributed by atoms with E-state index in [9.17, 15) is 9.18 Å². The van der Waals surface area contributed by atoms with Crippen molar-refractivity contribution in [2.75, 3.05) is 24.3 Å². The molecule has 7 nitrogen and oxygen atoms in total. The van der Waals surface area contributed by atoms with Crippen LogP contribution in [0, 0.1) is 5.82 Å². The van der Waals surface area contributed by atoms with E-state index in [0.29, 0.717) is 17.5 Å². The van der Waals surface area contributed by atoms with E-state index < -0.39 is 5.82 Å². The summed E-state index contributed by atoms with van der Waals surface area (Å²) in [7, 11) is 1.54. The van der Waals surface area contributed by atoms with Crippen LogP contribution in [-0.2, 0) is 4.79 Å². The van der Waals surface area contributed by atoms with E-state index in [1.54, 1.807) is 31.3 Å². The number of rotatable bonds is 7. The third-order valence-corrected chi connectivity index (χ3v) is 3.40. The average Bonchev–Trinajstić information content (AvgIpc) is 3.40. The number of nitrogens with zero attached hydrogens (tertiary/aromatic N) is 2. The molecule has 0 bridgehead atoms. The number of aromatic nitrogens is 2. The second kappa shape index (κ2) is 7.12. The molecule has 8 heteroatoms.